The van der Waals surface area contributed by atoms with Gasteiger partial charge in [-0.25, -0.2) is 4.98 Å². The van der Waals surface area contributed by atoms with Gasteiger partial charge in [0.2, 0.25) is 0 Å². The Morgan fingerprint density at radius 1 is 1.50 bits per heavy atom. The molecule has 0 atom stereocenters. The highest BCUT2D eigenvalue weighted by Crippen LogP contribution is 2.35. The highest BCUT2D eigenvalue weighted by Gasteiger charge is 2.25. The third kappa shape index (κ3) is 2.59. The van der Waals surface area contributed by atoms with Gasteiger partial charge in [0.05, 0.1) is 18.6 Å². The molecule has 0 saturated heterocycles. The van der Waals surface area contributed by atoms with Crippen LogP contribution in [0.3, 0.4) is 0 Å². The van der Waals surface area contributed by atoms with E-state index < -0.39 is 0 Å². The van der Waals surface area contributed by atoms with Crippen LogP contribution in [0, 0.1) is 0 Å². The van der Waals surface area contributed by atoms with Crippen molar-refractivity contribution >= 4 is 5.91 Å². The summed E-state index contributed by atoms with van der Waals surface area (Å²) in [6.07, 6.45) is 7.89. The van der Waals surface area contributed by atoms with Crippen molar-refractivity contribution in [1.29, 1.82) is 0 Å². The summed E-state index contributed by atoms with van der Waals surface area (Å²) in [6, 6.07) is 2.57. The summed E-state index contributed by atoms with van der Waals surface area (Å²) in [5.74, 6) is -0.145. The van der Waals surface area contributed by atoms with Crippen molar-refractivity contribution in [3.8, 4) is 0 Å². The van der Waals surface area contributed by atoms with Crippen LogP contribution in [0.15, 0.2) is 24.8 Å². The van der Waals surface area contributed by atoms with Crippen molar-refractivity contribution in [2.45, 2.75) is 45.3 Å². The fourth-order valence-corrected chi connectivity index (χ4v) is 2.16. The van der Waals surface area contributed by atoms with Gasteiger partial charge in [0.15, 0.2) is 0 Å². The van der Waals surface area contributed by atoms with E-state index in [9.17, 15) is 4.79 Å². The van der Waals surface area contributed by atoms with Crippen LogP contribution < -0.4 is 5.32 Å². The fraction of sp³-hybridized carbons (Fsp3) is 0.500. The van der Waals surface area contributed by atoms with Gasteiger partial charge in [-0.2, -0.15) is 5.10 Å². The van der Waals surface area contributed by atoms with E-state index in [0.717, 1.165) is 5.69 Å². The van der Waals surface area contributed by atoms with Crippen LogP contribution in [0.1, 0.15) is 55.0 Å². The summed E-state index contributed by atoms with van der Waals surface area (Å²) in [5.41, 5.74) is 1.50. The Kier molecular flexibility index (Phi) is 3.30. The van der Waals surface area contributed by atoms with Gasteiger partial charge in [0.25, 0.3) is 5.91 Å². The lowest BCUT2D eigenvalue weighted by Crippen LogP contribution is -2.24. The third-order valence-electron chi connectivity index (χ3n) is 3.49. The summed E-state index contributed by atoms with van der Waals surface area (Å²) in [5, 5.41) is 7.16. The van der Waals surface area contributed by atoms with Crippen molar-refractivity contribution in [2.24, 2.45) is 0 Å². The number of hydrogen-bond acceptors (Lipinski definition) is 3. The quantitative estimate of drug-likeness (QED) is 0.905. The zero-order valence-corrected chi connectivity index (χ0v) is 11.8. The zero-order chi connectivity index (χ0) is 14.1. The second kappa shape index (κ2) is 5.11. The Balaban J connectivity index is 1.62. The first-order chi connectivity index (χ1) is 9.65. The van der Waals surface area contributed by atoms with Crippen LogP contribution in [0.5, 0.6) is 0 Å². The Morgan fingerprint density at radius 2 is 2.30 bits per heavy atom. The molecule has 6 heteroatoms. The summed E-state index contributed by atoms with van der Waals surface area (Å²) in [7, 11) is 0. The average Bonchev–Trinajstić information content (AvgIpc) is 2.97. The molecule has 1 aliphatic rings. The van der Waals surface area contributed by atoms with E-state index in [0.29, 0.717) is 18.3 Å². The molecule has 3 rings (SSSR count). The van der Waals surface area contributed by atoms with E-state index in [1.807, 2.05) is 32.6 Å². The van der Waals surface area contributed by atoms with Crippen LogP contribution in [0.2, 0.25) is 0 Å². The van der Waals surface area contributed by atoms with Crippen LogP contribution in [-0.2, 0) is 6.54 Å². The molecule has 1 fully saturated rings. The van der Waals surface area contributed by atoms with Gasteiger partial charge in [0, 0.05) is 24.5 Å². The molecule has 1 amide bonds. The van der Waals surface area contributed by atoms with E-state index in [1.54, 1.807) is 10.7 Å². The molecular weight excluding hydrogens is 254 g/mol. The van der Waals surface area contributed by atoms with Gasteiger partial charge in [-0.3, -0.25) is 9.48 Å². The van der Waals surface area contributed by atoms with Crippen molar-refractivity contribution in [2.75, 3.05) is 0 Å². The summed E-state index contributed by atoms with van der Waals surface area (Å²) in [6.45, 7) is 4.55. The first-order valence-corrected chi connectivity index (χ1v) is 6.99. The minimum Gasteiger partial charge on any atom is -0.345 e. The van der Waals surface area contributed by atoms with E-state index in [1.165, 1.54) is 12.8 Å². The smallest absolute Gasteiger partial charge is 0.272 e. The second-order valence-corrected chi connectivity index (χ2v) is 5.48. The Labute approximate surface area is 117 Å². The molecule has 0 bridgehead atoms. The Morgan fingerprint density at radius 3 is 2.95 bits per heavy atom. The number of rotatable bonds is 5. The zero-order valence-electron chi connectivity index (χ0n) is 11.8. The van der Waals surface area contributed by atoms with Crippen LogP contribution >= 0.6 is 0 Å². The lowest BCUT2D eigenvalue weighted by atomic mass is 10.4. The number of hydrogen-bond donors (Lipinski definition) is 1. The first kappa shape index (κ1) is 12.9. The van der Waals surface area contributed by atoms with Crippen LogP contribution in [0.4, 0.5) is 0 Å². The van der Waals surface area contributed by atoms with Crippen molar-refractivity contribution < 1.29 is 4.79 Å². The molecule has 0 unspecified atom stereocenters. The summed E-state index contributed by atoms with van der Waals surface area (Å²) < 4.78 is 3.93. The number of carbonyl (C=O) groups is 1. The molecule has 1 aliphatic carbocycles. The number of aromatic nitrogens is 4. The normalized spacial score (nSPS) is 14.8. The standard InChI is InChI=1S/C14H19N5O/c1-10(2)19-6-5-13(17-19)14(20)16-8-12-7-15-9-18(12)11-3-4-11/h5-7,9-11H,3-4,8H2,1-2H3,(H,16,20). The molecule has 6 nitrogen and oxygen atoms in total. The van der Waals surface area contributed by atoms with Gasteiger partial charge < -0.3 is 9.88 Å². The SMILES string of the molecule is CC(C)n1ccc(C(=O)NCc2cncn2C2CC2)n1. The van der Waals surface area contributed by atoms with Gasteiger partial charge in [-0.05, 0) is 32.8 Å². The van der Waals surface area contributed by atoms with E-state index >= 15 is 0 Å². The molecule has 1 N–H and O–H groups in total. The first-order valence-electron chi connectivity index (χ1n) is 6.99. The van der Waals surface area contributed by atoms with Gasteiger partial charge in [-0.1, -0.05) is 0 Å². The summed E-state index contributed by atoms with van der Waals surface area (Å²) >= 11 is 0. The van der Waals surface area contributed by atoms with Crippen molar-refractivity contribution in [3.63, 3.8) is 0 Å². The molecule has 2 aromatic heterocycles. The maximum atomic E-state index is 12.1. The average molecular weight is 273 g/mol. The highest BCUT2D eigenvalue weighted by atomic mass is 16.1. The van der Waals surface area contributed by atoms with E-state index in [4.69, 9.17) is 0 Å². The molecule has 0 aromatic carbocycles. The summed E-state index contributed by atoms with van der Waals surface area (Å²) in [4.78, 5) is 16.2. The molecular formula is C14H19N5O. The molecule has 2 heterocycles. The second-order valence-electron chi connectivity index (χ2n) is 5.48. The molecule has 0 spiro atoms. The number of carbonyl (C=O) groups excluding carboxylic acids is 1. The minimum atomic E-state index is -0.145. The molecule has 0 aliphatic heterocycles. The molecule has 2 aromatic rings. The topological polar surface area (TPSA) is 64.7 Å². The monoisotopic (exact) mass is 273 g/mol. The largest absolute Gasteiger partial charge is 0.345 e. The van der Waals surface area contributed by atoms with Crippen LogP contribution in [-0.4, -0.2) is 25.2 Å². The Bertz CT molecular complexity index is 609. The number of nitrogens with zero attached hydrogens (tertiary/aromatic N) is 4. The third-order valence-corrected chi connectivity index (χ3v) is 3.49. The van der Waals surface area contributed by atoms with E-state index in [2.05, 4.69) is 20.0 Å². The molecule has 106 valence electrons. The molecule has 20 heavy (non-hydrogen) atoms. The van der Waals surface area contributed by atoms with Gasteiger partial charge in [-0.15, -0.1) is 0 Å². The Hall–Kier alpha value is -2.11. The van der Waals surface area contributed by atoms with E-state index in [-0.39, 0.29) is 11.9 Å². The maximum absolute atomic E-state index is 12.1. The van der Waals surface area contributed by atoms with Gasteiger partial charge in [0.1, 0.15) is 5.69 Å². The predicted molar refractivity (Wildman–Crippen MR) is 74.3 cm³/mol. The molecule has 0 radical (unpaired) electrons. The fourth-order valence-electron chi connectivity index (χ4n) is 2.16. The number of amides is 1. The van der Waals surface area contributed by atoms with Crippen LogP contribution in [0.25, 0.3) is 0 Å². The number of imidazole rings is 1. The van der Waals surface area contributed by atoms with Gasteiger partial charge >= 0.3 is 0 Å². The lowest BCUT2D eigenvalue weighted by Gasteiger charge is -2.07. The minimum absolute atomic E-state index is 0.145. The molecule has 1 saturated carbocycles. The maximum Gasteiger partial charge on any atom is 0.272 e. The lowest BCUT2D eigenvalue weighted by molar-refractivity contribution is 0.0944. The van der Waals surface area contributed by atoms with Crippen molar-refractivity contribution in [1.82, 2.24) is 24.6 Å². The number of nitrogens with one attached hydrogen (secondary N) is 1. The highest BCUT2D eigenvalue weighted by molar-refractivity contribution is 5.92. The van der Waals surface area contributed by atoms with Crippen molar-refractivity contribution in [3.05, 3.63) is 36.2 Å². The predicted octanol–water partition coefficient (Wildman–Crippen LogP) is 1.93.